The molecular formula is C50H57N11O6. The molecule has 3 saturated heterocycles. The number of rotatable bonds is 14. The predicted molar refractivity (Wildman–Crippen MR) is 253 cm³/mol. The van der Waals surface area contributed by atoms with Crippen LogP contribution in [0.5, 0.6) is 5.75 Å². The average Bonchev–Trinajstić information content (AvgIpc) is 4.05. The van der Waals surface area contributed by atoms with Crippen LogP contribution in [-0.2, 0) is 28.7 Å². The van der Waals surface area contributed by atoms with E-state index in [4.69, 9.17) is 19.4 Å². The molecule has 67 heavy (non-hydrogen) atoms. The van der Waals surface area contributed by atoms with E-state index in [9.17, 15) is 19.5 Å². The molecule has 1 aliphatic carbocycles. The maximum absolute atomic E-state index is 12.6. The third-order valence-electron chi connectivity index (χ3n) is 13.7. The number of piperazine rings is 1. The van der Waals surface area contributed by atoms with Crippen molar-refractivity contribution in [2.75, 3.05) is 75.9 Å². The van der Waals surface area contributed by atoms with E-state index >= 15 is 0 Å². The second-order valence-electron chi connectivity index (χ2n) is 18.4. The van der Waals surface area contributed by atoms with Gasteiger partial charge in [0.25, 0.3) is 5.56 Å². The van der Waals surface area contributed by atoms with Gasteiger partial charge >= 0.3 is 6.03 Å². The smallest absolute Gasteiger partial charge is 0.328 e. The van der Waals surface area contributed by atoms with Crippen LogP contribution in [0.1, 0.15) is 54.6 Å². The largest absolute Gasteiger partial charge is 0.495 e. The molecule has 1 atom stereocenters. The third-order valence-corrected chi connectivity index (χ3v) is 13.7. The summed E-state index contributed by atoms with van der Waals surface area (Å²) in [5, 5.41) is 23.5. The number of fused-ring (bicyclic) bond motifs is 1. The van der Waals surface area contributed by atoms with Crippen molar-refractivity contribution in [3.63, 3.8) is 0 Å². The number of nitrogens with one attached hydrogen (secondary N) is 1. The number of urea groups is 1. The van der Waals surface area contributed by atoms with Crippen molar-refractivity contribution in [1.82, 2.24) is 44.6 Å². The van der Waals surface area contributed by atoms with Gasteiger partial charge < -0.3 is 28.9 Å². The summed E-state index contributed by atoms with van der Waals surface area (Å²) < 4.78 is 15.7. The van der Waals surface area contributed by atoms with Crippen LogP contribution in [0.15, 0.2) is 90.0 Å². The fraction of sp³-hybridized carbons (Fsp3) is 0.420. The molecule has 2 N–H and O–H groups in total. The lowest BCUT2D eigenvalue weighted by Crippen LogP contribution is -2.49. The highest BCUT2D eigenvalue weighted by Crippen LogP contribution is 2.43. The van der Waals surface area contributed by atoms with Gasteiger partial charge in [-0.05, 0) is 91.6 Å². The Kier molecular flexibility index (Phi) is 12.3. The molecule has 1 saturated carbocycles. The first-order chi connectivity index (χ1) is 32.6. The summed E-state index contributed by atoms with van der Waals surface area (Å²) in [5.41, 5.74) is 5.70. The van der Waals surface area contributed by atoms with Crippen LogP contribution >= 0.6 is 0 Å². The van der Waals surface area contributed by atoms with Gasteiger partial charge in [0.2, 0.25) is 11.9 Å². The molecule has 17 heteroatoms. The van der Waals surface area contributed by atoms with Crippen molar-refractivity contribution in [3.8, 4) is 22.6 Å². The van der Waals surface area contributed by atoms with Gasteiger partial charge in [-0.3, -0.25) is 24.7 Å². The summed E-state index contributed by atoms with van der Waals surface area (Å²) in [6, 6.07) is 23.0. The number of hydrogen-bond donors (Lipinski definition) is 2. The van der Waals surface area contributed by atoms with Crippen LogP contribution in [0.3, 0.4) is 0 Å². The minimum atomic E-state index is -1.20. The Labute approximate surface area is 388 Å². The Bertz CT molecular complexity index is 2820. The second-order valence-corrected chi connectivity index (χ2v) is 18.4. The minimum Gasteiger partial charge on any atom is -0.495 e. The number of aryl methyl sites for hydroxylation is 2. The molecule has 17 nitrogen and oxygen atoms in total. The van der Waals surface area contributed by atoms with Gasteiger partial charge in [0.1, 0.15) is 5.75 Å². The number of pyridine rings is 1. The molecule has 3 aromatic heterocycles. The number of methoxy groups -OCH3 is 1. The lowest BCUT2D eigenvalue weighted by molar-refractivity contribution is -0.120. The number of aliphatic hydroxyl groups excluding tert-OH is 1. The highest BCUT2D eigenvalue weighted by atomic mass is 16.5. The summed E-state index contributed by atoms with van der Waals surface area (Å²) in [6.07, 6.45) is 7.91. The molecule has 1 unspecified atom stereocenters. The maximum atomic E-state index is 12.6. The molecule has 10 rings (SSSR count). The first kappa shape index (κ1) is 44.3. The van der Waals surface area contributed by atoms with Gasteiger partial charge in [-0.2, -0.15) is 0 Å². The van der Waals surface area contributed by atoms with Crippen LogP contribution in [0.2, 0.25) is 0 Å². The van der Waals surface area contributed by atoms with E-state index < -0.39 is 11.6 Å². The molecule has 6 aromatic rings. The van der Waals surface area contributed by atoms with Crippen molar-refractivity contribution in [2.45, 2.75) is 57.3 Å². The zero-order valence-corrected chi connectivity index (χ0v) is 38.3. The van der Waals surface area contributed by atoms with Gasteiger partial charge in [-0.15, -0.1) is 5.10 Å². The molecule has 0 bridgehead atoms. The summed E-state index contributed by atoms with van der Waals surface area (Å²) in [6.45, 7) is 8.97. The number of imide groups is 1. The van der Waals surface area contributed by atoms with Crippen LogP contribution in [0, 0.1) is 12.8 Å². The topological polar surface area (TPSA) is 176 Å². The summed E-state index contributed by atoms with van der Waals surface area (Å²) in [4.78, 5) is 56.3. The van der Waals surface area contributed by atoms with Crippen LogP contribution in [0.25, 0.3) is 27.7 Å². The number of carbonyl (C=O) groups excluding carboxylic acids is 2. The number of carbonyl (C=O) groups is 2. The number of ether oxygens (including phenoxy) is 2. The normalized spacial score (nSPS) is 18.6. The number of nitrogens with zero attached hydrogens (tertiary/aromatic N) is 10. The van der Waals surface area contributed by atoms with Gasteiger partial charge in [0, 0.05) is 89.5 Å². The number of anilines is 2. The zero-order valence-electron chi connectivity index (χ0n) is 38.3. The number of piperidine rings is 1. The number of amides is 3. The number of benzene rings is 3. The van der Waals surface area contributed by atoms with Crippen LogP contribution in [-0.4, -0.2) is 129 Å². The number of aliphatic hydroxyl groups is 1. The van der Waals surface area contributed by atoms with E-state index in [1.54, 1.807) is 29.5 Å². The Morgan fingerprint density at radius 2 is 1.61 bits per heavy atom. The molecule has 348 valence electrons. The monoisotopic (exact) mass is 907 g/mol. The summed E-state index contributed by atoms with van der Waals surface area (Å²) in [7, 11) is 3.32. The first-order valence-electron chi connectivity index (χ1n) is 23.3. The Morgan fingerprint density at radius 3 is 2.33 bits per heavy atom. The van der Waals surface area contributed by atoms with E-state index in [0.717, 1.165) is 110 Å². The van der Waals surface area contributed by atoms with E-state index in [1.807, 2.05) is 80.0 Å². The van der Waals surface area contributed by atoms with E-state index in [-0.39, 0.29) is 37.1 Å². The van der Waals surface area contributed by atoms with Gasteiger partial charge in [-0.25, -0.2) is 19.4 Å². The van der Waals surface area contributed by atoms with Crippen molar-refractivity contribution in [1.29, 1.82) is 0 Å². The molecule has 6 heterocycles. The van der Waals surface area contributed by atoms with Gasteiger partial charge in [0.05, 0.1) is 54.3 Å². The van der Waals surface area contributed by atoms with Crippen molar-refractivity contribution >= 4 is 34.5 Å². The highest BCUT2D eigenvalue weighted by molar-refractivity contribution is 6.06. The fourth-order valence-electron chi connectivity index (χ4n) is 9.78. The van der Waals surface area contributed by atoms with Crippen LogP contribution < -0.4 is 25.4 Å². The lowest BCUT2D eigenvalue weighted by atomic mass is 9.87. The highest BCUT2D eigenvalue weighted by Gasteiger charge is 2.44. The SMILES string of the molecule is COc1ccc(-n2cc(CN3CCN(CC4CCN(c5nc(C(CO)(OC6CC6)c6ccccc6)c6cc(-c7cc(C)c(=O)n(C)c7)ccc6n5)CC4)CC3)nn2)cc1N1CCC(=O)NC1=O. The molecule has 3 amide bonds. The number of hydrogen-bond acceptors (Lipinski definition) is 13. The Morgan fingerprint density at radius 1 is 0.836 bits per heavy atom. The first-order valence-corrected chi connectivity index (χ1v) is 23.3. The Hall–Kier alpha value is -6.53. The average molecular weight is 908 g/mol. The third kappa shape index (κ3) is 9.16. The Balaban J connectivity index is 0.805. The number of aromatic nitrogens is 6. The zero-order chi connectivity index (χ0) is 46.2. The molecule has 4 aliphatic rings. The van der Waals surface area contributed by atoms with Crippen molar-refractivity contribution in [3.05, 3.63) is 118 Å². The van der Waals surface area contributed by atoms with E-state index in [0.29, 0.717) is 41.1 Å². The lowest BCUT2D eigenvalue weighted by Gasteiger charge is -2.39. The molecule has 3 aliphatic heterocycles. The predicted octanol–water partition coefficient (Wildman–Crippen LogP) is 4.79. The molecular weight excluding hydrogens is 851 g/mol. The fourth-order valence-corrected chi connectivity index (χ4v) is 9.78. The van der Waals surface area contributed by atoms with E-state index in [1.165, 1.54) is 4.90 Å². The molecule has 0 radical (unpaired) electrons. The minimum absolute atomic E-state index is 0.0242. The van der Waals surface area contributed by atoms with Crippen molar-refractivity contribution in [2.24, 2.45) is 13.0 Å². The maximum Gasteiger partial charge on any atom is 0.328 e. The standard InChI is InChI=1S/C50H57N11O6/c1-33-25-36(29-56(2)47(33)64)35-9-13-42-41(26-35)46(50(32-62,67-40-11-12-40)37-7-5-4-6-8-37)53-48(51-42)59-18-15-34(16-19-59)28-57-21-23-58(24-22-57)30-38-31-61(55-54-38)39-10-14-44(66-3)43(27-39)60-20-17-45(63)52-49(60)65/h4-10,13-14,25-27,29,31,34,40,62H,11-12,15-24,28,30,32H2,1-3H3,(H,52,63,65). The second kappa shape index (κ2) is 18.6. The van der Waals surface area contributed by atoms with Gasteiger partial charge in [-0.1, -0.05) is 41.6 Å². The summed E-state index contributed by atoms with van der Waals surface area (Å²) >= 11 is 0. The van der Waals surface area contributed by atoms with Crippen LogP contribution in [0.4, 0.5) is 16.4 Å². The van der Waals surface area contributed by atoms with Gasteiger partial charge in [0.15, 0.2) is 5.60 Å². The molecule has 3 aromatic carbocycles. The van der Waals surface area contributed by atoms with Crippen molar-refractivity contribution < 1.29 is 24.2 Å². The summed E-state index contributed by atoms with van der Waals surface area (Å²) in [5.74, 6) is 1.42. The quantitative estimate of drug-likeness (QED) is 0.153. The molecule has 0 spiro atoms. The van der Waals surface area contributed by atoms with E-state index in [2.05, 4.69) is 36.4 Å². The molecule has 4 fully saturated rings.